The number of rotatable bonds is 7. The first-order valence-corrected chi connectivity index (χ1v) is 11.6. The summed E-state index contributed by atoms with van der Waals surface area (Å²) in [6, 6.07) is 15.3. The van der Waals surface area contributed by atoms with Crippen molar-refractivity contribution in [2.75, 3.05) is 6.54 Å². The molecule has 8 nitrogen and oxygen atoms in total. The molecule has 11 heteroatoms. The normalized spacial score (nSPS) is 18.9. The number of hydrogen-bond acceptors (Lipinski definition) is 6. The lowest BCUT2D eigenvalue weighted by atomic mass is 9.86. The van der Waals surface area contributed by atoms with Crippen LogP contribution in [-0.2, 0) is 22.3 Å². The molecule has 1 aromatic heterocycles. The molecule has 0 bridgehead atoms. The topological polar surface area (TPSA) is 109 Å². The summed E-state index contributed by atoms with van der Waals surface area (Å²) in [6.07, 6.45) is -3.11. The summed E-state index contributed by atoms with van der Waals surface area (Å²) < 4.78 is 42.1. The fourth-order valence-corrected chi connectivity index (χ4v) is 4.09. The van der Waals surface area contributed by atoms with E-state index >= 15 is 0 Å². The van der Waals surface area contributed by atoms with Crippen LogP contribution in [0, 0.1) is 0 Å². The number of piperidine rings is 1. The van der Waals surface area contributed by atoms with E-state index in [1.165, 1.54) is 17.7 Å². The predicted molar refractivity (Wildman–Crippen MR) is 131 cm³/mol. The molecule has 3 aromatic rings. The van der Waals surface area contributed by atoms with Gasteiger partial charge in [-0.15, -0.1) is 0 Å². The highest BCUT2D eigenvalue weighted by Gasteiger charge is 2.38. The number of halogens is 3. The van der Waals surface area contributed by atoms with Crippen molar-refractivity contribution >= 4 is 11.8 Å². The van der Waals surface area contributed by atoms with Crippen LogP contribution in [0.15, 0.2) is 59.1 Å². The molecule has 4 rings (SSSR count). The Labute approximate surface area is 210 Å². The summed E-state index contributed by atoms with van der Waals surface area (Å²) in [4.78, 5) is 28.6. The Bertz CT molecular complexity index is 1200. The van der Waals surface area contributed by atoms with Gasteiger partial charge < -0.3 is 20.5 Å². The van der Waals surface area contributed by atoms with Crippen LogP contribution in [0.1, 0.15) is 47.0 Å². The van der Waals surface area contributed by atoms with Gasteiger partial charge in [0.1, 0.15) is 6.04 Å². The lowest BCUT2D eigenvalue weighted by Crippen LogP contribution is -2.53. The zero-order valence-electron chi connectivity index (χ0n) is 19.5. The Kier molecular flexibility index (Phi) is 7.68. The molecule has 3 atom stereocenters. The maximum Gasteiger partial charge on any atom is 0.471 e. The first kappa shape index (κ1) is 25.4. The molecule has 0 unspecified atom stereocenters. The predicted octanol–water partition coefficient (Wildman–Crippen LogP) is 4.15. The number of aromatic nitrogens is 2. The molecule has 1 fully saturated rings. The number of alkyl halides is 3. The zero-order chi connectivity index (χ0) is 25.7. The Morgan fingerprint density at radius 3 is 2.56 bits per heavy atom. The van der Waals surface area contributed by atoms with Crippen molar-refractivity contribution in [1.82, 2.24) is 26.1 Å². The van der Waals surface area contributed by atoms with Crippen LogP contribution in [0.4, 0.5) is 13.2 Å². The quantitative estimate of drug-likeness (QED) is 0.443. The molecular weight excluding hydrogens is 475 g/mol. The highest BCUT2D eigenvalue weighted by Crippen LogP contribution is 2.29. The monoisotopic (exact) mass is 507 g/mol. The number of amides is 2. The van der Waals surface area contributed by atoms with Gasteiger partial charge in [0.05, 0.1) is 6.04 Å². The van der Waals surface area contributed by atoms with E-state index < -0.39 is 18.1 Å². The Morgan fingerprint density at radius 1 is 1.17 bits per heavy atom. The molecule has 1 aliphatic heterocycles. The minimum absolute atomic E-state index is 0. The van der Waals surface area contributed by atoms with E-state index in [2.05, 4.69) is 42.7 Å². The Balaban J connectivity index is 0.00000253. The van der Waals surface area contributed by atoms with Crippen LogP contribution in [0.3, 0.4) is 0 Å². The van der Waals surface area contributed by atoms with Gasteiger partial charge in [0.2, 0.25) is 17.6 Å². The highest BCUT2D eigenvalue weighted by atomic mass is 19.4. The van der Waals surface area contributed by atoms with Gasteiger partial charge in [-0.3, -0.25) is 9.59 Å². The third-order valence-corrected chi connectivity index (χ3v) is 6.09. The van der Waals surface area contributed by atoms with Gasteiger partial charge in [-0.2, -0.15) is 18.2 Å². The van der Waals surface area contributed by atoms with E-state index in [4.69, 9.17) is 0 Å². The maximum absolute atomic E-state index is 12.8. The summed E-state index contributed by atoms with van der Waals surface area (Å²) in [6.45, 7) is 2.51. The van der Waals surface area contributed by atoms with E-state index in [-0.39, 0.29) is 40.4 Å². The lowest BCUT2D eigenvalue weighted by Gasteiger charge is -2.30. The molecule has 0 saturated carbocycles. The van der Waals surface area contributed by atoms with Crippen molar-refractivity contribution in [2.45, 2.75) is 50.5 Å². The van der Waals surface area contributed by atoms with Crippen LogP contribution in [-0.4, -0.2) is 40.6 Å². The van der Waals surface area contributed by atoms with Crippen molar-refractivity contribution in [3.63, 3.8) is 0 Å². The summed E-state index contributed by atoms with van der Waals surface area (Å²) >= 11 is 0. The van der Waals surface area contributed by atoms with Crippen LogP contribution < -0.4 is 16.0 Å². The van der Waals surface area contributed by atoms with E-state index in [0.29, 0.717) is 17.5 Å². The van der Waals surface area contributed by atoms with Crippen molar-refractivity contribution < 1.29 is 31.6 Å². The van der Waals surface area contributed by atoms with E-state index in [9.17, 15) is 22.8 Å². The summed E-state index contributed by atoms with van der Waals surface area (Å²) in [5.41, 5.74) is 2.26. The average Bonchev–Trinajstić information content (AvgIpc) is 3.39. The zero-order valence-corrected chi connectivity index (χ0v) is 19.5. The Hall–Kier alpha value is -3.73. The molecule has 2 aromatic carbocycles. The van der Waals surface area contributed by atoms with Crippen LogP contribution in [0.5, 0.6) is 0 Å². The van der Waals surface area contributed by atoms with E-state index in [1.54, 1.807) is 19.1 Å². The molecule has 1 aliphatic rings. The van der Waals surface area contributed by atoms with E-state index in [1.807, 2.05) is 18.2 Å². The number of carbonyl (C=O) groups is 2. The van der Waals surface area contributed by atoms with Crippen LogP contribution >= 0.6 is 0 Å². The Morgan fingerprint density at radius 2 is 1.89 bits per heavy atom. The lowest BCUT2D eigenvalue weighted by molar-refractivity contribution is -0.159. The van der Waals surface area contributed by atoms with Gasteiger partial charge in [0.15, 0.2) is 0 Å². The SMILES string of the molecule is C[C@H](NC(=O)[C@H]1C[C@@H](c2ccccc2)CCN1)C(=O)NCc1ccc(-c2noc(C(F)(F)F)n2)cc1.[HH].[HH].[HH]. The van der Waals surface area contributed by atoms with Gasteiger partial charge in [0.25, 0.3) is 0 Å². The maximum atomic E-state index is 12.8. The second-order valence-corrected chi connectivity index (χ2v) is 8.70. The number of nitrogens with one attached hydrogen (secondary N) is 3. The first-order chi connectivity index (χ1) is 17.2. The summed E-state index contributed by atoms with van der Waals surface area (Å²) in [7, 11) is 0. The van der Waals surface area contributed by atoms with Crippen LogP contribution in [0.25, 0.3) is 11.4 Å². The van der Waals surface area contributed by atoms with Gasteiger partial charge in [-0.25, -0.2) is 0 Å². The van der Waals surface area contributed by atoms with Crippen molar-refractivity contribution in [3.8, 4) is 11.4 Å². The number of carbonyl (C=O) groups excluding carboxylic acids is 2. The van der Waals surface area contributed by atoms with Crippen molar-refractivity contribution in [1.29, 1.82) is 0 Å². The smallest absolute Gasteiger partial charge is 0.350 e. The van der Waals surface area contributed by atoms with Crippen molar-refractivity contribution in [2.24, 2.45) is 0 Å². The fourth-order valence-electron chi connectivity index (χ4n) is 4.09. The molecule has 0 radical (unpaired) electrons. The molecule has 36 heavy (non-hydrogen) atoms. The summed E-state index contributed by atoms with van der Waals surface area (Å²) in [5, 5.41) is 12.1. The second kappa shape index (κ2) is 10.9. The molecule has 2 amide bonds. The highest BCUT2D eigenvalue weighted by molar-refractivity contribution is 5.89. The van der Waals surface area contributed by atoms with Gasteiger partial charge >= 0.3 is 12.1 Å². The molecule has 1 saturated heterocycles. The minimum Gasteiger partial charge on any atom is -0.350 e. The molecule has 196 valence electrons. The minimum atomic E-state index is -4.71. The second-order valence-electron chi connectivity index (χ2n) is 8.70. The average molecular weight is 508 g/mol. The fraction of sp³-hybridized carbons (Fsp3) is 0.360. The number of hydrogen-bond donors (Lipinski definition) is 3. The van der Waals surface area contributed by atoms with Crippen LogP contribution in [0.2, 0.25) is 0 Å². The molecular formula is C25H32F3N5O3. The molecule has 0 aliphatic carbocycles. The van der Waals surface area contributed by atoms with E-state index in [0.717, 1.165) is 13.0 Å². The largest absolute Gasteiger partial charge is 0.471 e. The summed E-state index contributed by atoms with van der Waals surface area (Å²) in [5.74, 6) is -1.89. The third kappa shape index (κ3) is 6.28. The number of benzene rings is 2. The van der Waals surface area contributed by atoms with Gasteiger partial charge in [-0.05, 0) is 43.4 Å². The van der Waals surface area contributed by atoms with Gasteiger partial charge in [-0.1, -0.05) is 59.8 Å². The van der Waals surface area contributed by atoms with Gasteiger partial charge in [0, 0.05) is 16.4 Å². The molecule has 3 N–H and O–H groups in total. The molecule has 0 spiro atoms. The number of nitrogens with zero attached hydrogens (tertiary/aromatic N) is 2. The van der Waals surface area contributed by atoms with Crippen molar-refractivity contribution in [3.05, 3.63) is 71.6 Å². The third-order valence-electron chi connectivity index (χ3n) is 6.09. The molecule has 2 heterocycles. The first-order valence-electron chi connectivity index (χ1n) is 11.6. The standard InChI is InChI=1S/C25H26F3N5O3.3H2/c1-15(31-23(35)20-13-19(11-12-29-20)17-5-3-2-4-6-17)22(34)30-14-16-7-9-18(10-8-16)21-32-24(36-33-21)25(26,27)28;;;/h2-10,15,19-20,29H,11-14H2,1H3,(H,30,34)(H,31,35);3*1H/t15-,19-,20+;;;/m0.../s1.